The van der Waals surface area contributed by atoms with Gasteiger partial charge < -0.3 is 14.6 Å². The second kappa shape index (κ2) is 6.12. The minimum absolute atomic E-state index is 0.387. The zero-order chi connectivity index (χ0) is 12.1. The molecule has 0 fully saturated rings. The molecular formula is C12H22N4O. The van der Waals surface area contributed by atoms with Crippen molar-refractivity contribution in [3.8, 4) is 0 Å². The number of hydrogen-bond acceptors (Lipinski definition) is 4. The summed E-state index contributed by atoms with van der Waals surface area (Å²) in [6, 6.07) is 0.387. The van der Waals surface area contributed by atoms with Crippen molar-refractivity contribution in [3.63, 3.8) is 0 Å². The van der Waals surface area contributed by atoms with Gasteiger partial charge in [-0.1, -0.05) is 13.3 Å². The molecule has 5 nitrogen and oxygen atoms in total. The van der Waals surface area contributed by atoms with E-state index in [4.69, 9.17) is 4.74 Å². The third kappa shape index (κ3) is 2.84. The SMILES string of the molecule is CCCC1NCCn2c(CCCOC)nnc21. The molecule has 0 spiro atoms. The normalized spacial score (nSPS) is 19.3. The van der Waals surface area contributed by atoms with Gasteiger partial charge in [0.25, 0.3) is 0 Å². The summed E-state index contributed by atoms with van der Waals surface area (Å²) >= 11 is 0. The Balaban J connectivity index is 2.05. The van der Waals surface area contributed by atoms with Crippen molar-refractivity contribution < 1.29 is 4.74 Å². The van der Waals surface area contributed by atoms with E-state index in [1.165, 1.54) is 6.42 Å². The Morgan fingerprint density at radius 2 is 2.35 bits per heavy atom. The van der Waals surface area contributed by atoms with Crippen molar-refractivity contribution >= 4 is 0 Å². The number of fused-ring (bicyclic) bond motifs is 1. The summed E-state index contributed by atoms with van der Waals surface area (Å²) in [6.07, 6.45) is 4.28. The van der Waals surface area contributed by atoms with Gasteiger partial charge in [0.1, 0.15) is 11.6 Å². The predicted octanol–water partition coefficient (Wildman–Crippen LogP) is 1.30. The van der Waals surface area contributed by atoms with E-state index in [1.807, 2.05) is 0 Å². The number of methoxy groups -OCH3 is 1. The lowest BCUT2D eigenvalue weighted by atomic mass is 10.1. The van der Waals surface area contributed by atoms with E-state index in [1.54, 1.807) is 7.11 Å². The Kier molecular flexibility index (Phi) is 4.50. The molecule has 17 heavy (non-hydrogen) atoms. The molecule has 1 aromatic rings. The van der Waals surface area contributed by atoms with Crippen LogP contribution in [0.1, 0.15) is 43.9 Å². The van der Waals surface area contributed by atoms with E-state index < -0.39 is 0 Å². The van der Waals surface area contributed by atoms with Crippen LogP contribution in [0.3, 0.4) is 0 Å². The van der Waals surface area contributed by atoms with Crippen LogP contribution in [-0.4, -0.2) is 35.0 Å². The highest BCUT2D eigenvalue weighted by atomic mass is 16.5. The number of nitrogens with zero attached hydrogens (tertiary/aromatic N) is 3. The Bertz CT molecular complexity index is 350. The number of hydrogen-bond donors (Lipinski definition) is 1. The van der Waals surface area contributed by atoms with E-state index in [-0.39, 0.29) is 0 Å². The minimum Gasteiger partial charge on any atom is -0.385 e. The van der Waals surface area contributed by atoms with Gasteiger partial charge in [0.05, 0.1) is 6.04 Å². The van der Waals surface area contributed by atoms with Crippen LogP contribution >= 0.6 is 0 Å². The third-order valence-corrected chi connectivity index (χ3v) is 3.22. The molecule has 0 amide bonds. The molecule has 2 rings (SSSR count). The topological polar surface area (TPSA) is 52.0 Å². The molecule has 0 saturated heterocycles. The number of aryl methyl sites for hydroxylation is 1. The first-order valence-electron chi connectivity index (χ1n) is 6.51. The molecule has 1 unspecified atom stereocenters. The Morgan fingerprint density at radius 1 is 1.47 bits per heavy atom. The summed E-state index contributed by atoms with van der Waals surface area (Å²) in [5, 5.41) is 12.2. The zero-order valence-electron chi connectivity index (χ0n) is 10.8. The second-order valence-corrected chi connectivity index (χ2v) is 4.52. The molecule has 0 radical (unpaired) electrons. The lowest BCUT2D eigenvalue weighted by Crippen LogP contribution is -2.34. The van der Waals surface area contributed by atoms with Crippen molar-refractivity contribution in [3.05, 3.63) is 11.6 Å². The lowest BCUT2D eigenvalue weighted by Gasteiger charge is -2.24. The third-order valence-electron chi connectivity index (χ3n) is 3.22. The Hall–Kier alpha value is -0.940. The van der Waals surface area contributed by atoms with Crippen molar-refractivity contribution in [2.24, 2.45) is 0 Å². The fourth-order valence-electron chi connectivity index (χ4n) is 2.37. The molecule has 0 aliphatic carbocycles. The van der Waals surface area contributed by atoms with Gasteiger partial charge in [0.2, 0.25) is 0 Å². The number of nitrogens with one attached hydrogen (secondary N) is 1. The van der Waals surface area contributed by atoms with E-state index in [9.17, 15) is 0 Å². The minimum atomic E-state index is 0.387. The average molecular weight is 238 g/mol. The molecule has 5 heteroatoms. The highest BCUT2D eigenvalue weighted by Gasteiger charge is 2.23. The van der Waals surface area contributed by atoms with Crippen LogP contribution in [0.25, 0.3) is 0 Å². The smallest absolute Gasteiger partial charge is 0.150 e. The molecule has 1 aromatic heterocycles. The van der Waals surface area contributed by atoms with Crippen molar-refractivity contribution in [1.82, 2.24) is 20.1 Å². The van der Waals surface area contributed by atoms with Crippen molar-refractivity contribution in [2.45, 2.75) is 45.2 Å². The maximum absolute atomic E-state index is 5.07. The van der Waals surface area contributed by atoms with Crippen LogP contribution in [0.5, 0.6) is 0 Å². The van der Waals surface area contributed by atoms with Gasteiger partial charge in [0.15, 0.2) is 0 Å². The molecule has 1 aliphatic rings. The molecule has 0 aromatic carbocycles. The van der Waals surface area contributed by atoms with Crippen LogP contribution in [-0.2, 0) is 17.7 Å². The highest BCUT2D eigenvalue weighted by molar-refractivity contribution is 5.04. The summed E-state index contributed by atoms with van der Waals surface area (Å²) in [7, 11) is 1.74. The van der Waals surface area contributed by atoms with Crippen LogP contribution in [0, 0.1) is 0 Å². The van der Waals surface area contributed by atoms with Gasteiger partial charge in [-0.2, -0.15) is 0 Å². The molecule has 2 heterocycles. The lowest BCUT2D eigenvalue weighted by molar-refractivity contribution is 0.194. The number of ether oxygens (including phenoxy) is 1. The van der Waals surface area contributed by atoms with Crippen molar-refractivity contribution in [2.75, 3.05) is 20.3 Å². The summed E-state index contributed by atoms with van der Waals surface area (Å²) in [4.78, 5) is 0. The van der Waals surface area contributed by atoms with Gasteiger partial charge in [-0.25, -0.2) is 0 Å². The molecule has 1 aliphatic heterocycles. The van der Waals surface area contributed by atoms with Crippen molar-refractivity contribution in [1.29, 1.82) is 0 Å². The first-order valence-corrected chi connectivity index (χ1v) is 6.51. The maximum atomic E-state index is 5.07. The van der Waals surface area contributed by atoms with Crippen LogP contribution in [0.4, 0.5) is 0 Å². The molecule has 0 saturated carbocycles. The highest BCUT2D eigenvalue weighted by Crippen LogP contribution is 2.21. The number of rotatable bonds is 6. The van der Waals surface area contributed by atoms with Gasteiger partial charge in [-0.3, -0.25) is 0 Å². The monoisotopic (exact) mass is 238 g/mol. The van der Waals surface area contributed by atoms with E-state index in [0.29, 0.717) is 6.04 Å². The van der Waals surface area contributed by atoms with E-state index in [0.717, 1.165) is 50.6 Å². The zero-order valence-corrected chi connectivity index (χ0v) is 10.8. The van der Waals surface area contributed by atoms with Gasteiger partial charge in [-0.05, 0) is 12.8 Å². The van der Waals surface area contributed by atoms with Crippen LogP contribution in [0.2, 0.25) is 0 Å². The summed E-state index contributed by atoms with van der Waals surface area (Å²) in [5.74, 6) is 2.23. The molecule has 0 bridgehead atoms. The second-order valence-electron chi connectivity index (χ2n) is 4.52. The quantitative estimate of drug-likeness (QED) is 0.759. The molecular weight excluding hydrogens is 216 g/mol. The molecule has 1 atom stereocenters. The summed E-state index contributed by atoms with van der Waals surface area (Å²) < 4.78 is 7.36. The Morgan fingerprint density at radius 3 is 3.12 bits per heavy atom. The largest absolute Gasteiger partial charge is 0.385 e. The Labute approximate surface area is 103 Å². The fourth-order valence-corrected chi connectivity index (χ4v) is 2.37. The average Bonchev–Trinajstić information content (AvgIpc) is 2.75. The first kappa shape index (κ1) is 12.5. The van der Waals surface area contributed by atoms with E-state index >= 15 is 0 Å². The number of aromatic nitrogens is 3. The van der Waals surface area contributed by atoms with Gasteiger partial charge in [0, 0.05) is 33.2 Å². The van der Waals surface area contributed by atoms with E-state index in [2.05, 4.69) is 27.0 Å². The fraction of sp³-hybridized carbons (Fsp3) is 0.833. The maximum Gasteiger partial charge on any atom is 0.150 e. The van der Waals surface area contributed by atoms with Crippen LogP contribution in [0.15, 0.2) is 0 Å². The summed E-state index contributed by atoms with van der Waals surface area (Å²) in [6.45, 7) is 5.01. The molecule has 1 N–H and O–H groups in total. The van der Waals surface area contributed by atoms with Gasteiger partial charge in [-0.15, -0.1) is 10.2 Å². The first-order chi connectivity index (χ1) is 8.36. The molecule has 96 valence electrons. The predicted molar refractivity (Wildman–Crippen MR) is 65.9 cm³/mol. The summed E-state index contributed by atoms with van der Waals surface area (Å²) in [5.41, 5.74) is 0. The standard InChI is InChI=1S/C12H22N4O/c1-3-5-10-12-15-14-11(6-4-9-17-2)16(12)8-7-13-10/h10,13H,3-9H2,1-2H3. The van der Waals surface area contributed by atoms with Gasteiger partial charge >= 0.3 is 0 Å². The van der Waals surface area contributed by atoms with Crippen LogP contribution < -0.4 is 5.32 Å².